The first-order valence-corrected chi connectivity index (χ1v) is 5.99. The van der Waals surface area contributed by atoms with Gasteiger partial charge in [0, 0.05) is 6.54 Å². The number of aryl methyl sites for hydroxylation is 1. The van der Waals surface area contributed by atoms with Gasteiger partial charge in [0.1, 0.15) is 0 Å². The summed E-state index contributed by atoms with van der Waals surface area (Å²) in [5.41, 5.74) is -0.680. The molecule has 18 heavy (non-hydrogen) atoms. The lowest BCUT2D eigenvalue weighted by atomic mass is 9.90. The molecule has 1 aromatic rings. The number of halogens is 1. The number of rotatable bonds is 5. The van der Waals surface area contributed by atoms with Crippen LogP contribution in [0.2, 0.25) is 5.15 Å². The van der Waals surface area contributed by atoms with Gasteiger partial charge in [-0.2, -0.15) is 5.26 Å². The van der Waals surface area contributed by atoms with Gasteiger partial charge in [0.2, 0.25) is 5.75 Å². The third kappa shape index (κ3) is 3.47. The van der Waals surface area contributed by atoms with Gasteiger partial charge in [-0.1, -0.05) is 11.6 Å². The molecule has 1 rings (SSSR count). The maximum atomic E-state index is 11.9. The second-order valence-corrected chi connectivity index (χ2v) is 5.02. The van der Waals surface area contributed by atoms with Crippen LogP contribution in [0.4, 0.5) is 0 Å². The van der Waals surface area contributed by atoms with E-state index in [0.717, 1.165) is 0 Å². The molecule has 0 aromatic carbocycles. The first kappa shape index (κ1) is 14.5. The van der Waals surface area contributed by atoms with E-state index in [0.29, 0.717) is 19.4 Å². The summed E-state index contributed by atoms with van der Waals surface area (Å²) in [6.45, 7) is 4.23. The Kier molecular flexibility index (Phi) is 4.74. The Labute approximate surface area is 111 Å². The number of nitriles is 1. The van der Waals surface area contributed by atoms with E-state index >= 15 is 0 Å². The van der Waals surface area contributed by atoms with Gasteiger partial charge >= 0.3 is 0 Å². The minimum Gasteiger partial charge on any atom is -0.489 e. The van der Waals surface area contributed by atoms with E-state index < -0.39 is 0 Å². The summed E-state index contributed by atoms with van der Waals surface area (Å²) in [6, 6.07) is 2.23. The van der Waals surface area contributed by atoms with Gasteiger partial charge in [0.05, 0.1) is 24.9 Å². The second-order valence-electron chi connectivity index (χ2n) is 4.67. The maximum absolute atomic E-state index is 11.9. The van der Waals surface area contributed by atoms with Crippen molar-refractivity contribution in [3.8, 4) is 11.8 Å². The summed E-state index contributed by atoms with van der Waals surface area (Å²) >= 11 is 5.74. The van der Waals surface area contributed by atoms with Crippen molar-refractivity contribution in [2.45, 2.75) is 33.2 Å². The molecule has 6 heteroatoms. The summed E-state index contributed by atoms with van der Waals surface area (Å²) in [5, 5.41) is 8.96. The minimum atomic E-state index is -0.381. The molecule has 0 atom stereocenters. The van der Waals surface area contributed by atoms with Gasteiger partial charge in [0.15, 0.2) is 5.15 Å². The fourth-order valence-corrected chi connectivity index (χ4v) is 1.73. The van der Waals surface area contributed by atoms with E-state index in [-0.39, 0.29) is 21.9 Å². The Balaban J connectivity index is 2.76. The Bertz CT molecular complexity index is 517. The fourth-order valence-electron chi connectivity index (χ4n) is 1.53. The topological polar surface area (TPSA) is 67.9 Å². The van der Waals surface area contributed by atoms with Gasteiger partial charge in [0.25, 0.3) is 5.56 Å². The van der Waals surface area contributed by atoms with E-state index in [2.05, 4.69) is 11.1 Å². The Hall–Kier alpha value is -1.54. The molecule has 1 heterocycles. The third-order valence-corrected chi connectivity index (χ3v) is 2.93. The summed E-state index contributed by atoms with van der Waals surface area (Å²) in [6.07, 6.45) is 2.82. The molecule has 0 bridgehead atoms. The van der Waals surface area contributed by atoms with Crippen LogP contribution >= 0.6 is 11.6 Å². The van der Waals surface area contributed by atoms with Crippen LogP contribution in [0.3, 0.4) is 0 Å². The lowest BCUT2D eigenvalue weighted by Gasteiger charge is -2.15. The lowest BCUT2D eigenvalue weighted by molar-refractivity contribution is 0.388. The molecule has 0 saturated carbocycles. The highest BCUT2D eigenvalue weighted by molar-refractivity contribution is 6.30. The first-order valence-electron chi connectivity index (χ1n) is 5.61. The molecule has 0 fully saturated rings. The van der Waals surface area contributed by atoms with Gasteiger partial charge in [-0.15, -0.1) is 0 Å². The van der Waals surface area contributed by atoms with Crippen LogP contribution in [-0.2, 0) is 6.54 Å². The quantitative estimate of drug-likeness (QED) is 0.769. The highest BCUT2D eigenvalue weighted by Gasteiger charge is 2.16. The second kappa shape index (κ2) is 5.87. The molecule has 0 radical (unpaired) electrons. The molecule has 0 aliphatic carbocycles. The molecular formula is C12H16ClN3O2. The monoisotopic (exact) mass is 269 g/mol. The Morgan fingerprint density at radius 3 is 2.83 bits per heavy atom. The highest BCUT2D eigenvalue weighted by atomic mass is 35.5. The van der Waals surface area contributed by atoms with E-state index in [1.165, 1.54) is 18.0 Å². The largest absolute Gasteiger partial charge is 0.489 e. The third-order valence-electron chi connectivity index (χ3n) is 2.66. The Morgan fingerprint density at radius 2 is 2.28 bits per heavy atom. The summed E-state index contributed by atoms with van der Waals surface area (Å²) in [7, 11) is 1.38. The van der Waals surface area contributed by atoms with Crippen molar-refractivity contribution in [1.82, 2.24) is 9.55 Å². The molecule has 1 aromatic heterocycles. The van der Waals surface area contributed by atoms with Gasteiger partial charge in [-0.05, 0) is 26.7 Å². The molecule has 98 valence electrons. The molecule has 0 unspecified atom stereocenters. The molecule has 0 saturated heterocycles. The van der Waals surface area contributed by atoms with Gasteiger partial charge in [-0.25, -0.2) is 4.98 Å². The number of methoxy groups -OCH3 is 1. The number of hydrogen-bond donors (Lipinski definition) is 0. The first-order chi connectivity index (χ1) is 8.41. The zero-order valence-electron chi connectivity index (χ0n) is 10.7. The smallest absolute Gasteiger partial charge is 0.297 e. The molecule has 0 aliphatic rings. The van der Waals surface area contributed by atoms with Crippen molar-refractivity contribution in [3.05, 3.63) is 21.8 Å². The Morgan fingerprint density at radius 1 is 1.61 bits per heavy atom. The van der Waals surface area contributed by atoms with Gasteiger partial charge in [-0.3, -0.25) is 9.36 Å². The highest BCUT2D eigenvalue weighted by Crippen LogP contribution is 2.21. The van der Waals surface area contributed by atoms with Crippen molar-refractivity contribution >= 4 is 11.6 Å². The zero-order valence-corrected chi connectivity index (χ0v) is 11.5. The maximum Gasteiger partial charge on any atom is 0.297 e. The van der Waals surface area contributed by atoms with Crippen molar-refractivity contribution < 1.29 is 4.74 Å². The average molecular weight is 270 g/mol. The molecule has 0 amide bonds. The van der Waals surface area contributed by atoms with Crippen LogP contribution in [0.1, 0.15) is 26.7 Å². The average Bonchev–Trinajstić information content (AvgIpc) is 2.33. The fraction of sp³-hybridized carbons (Fsp3) is 0.583. The van der Waals surface area contributed by atoms with Crippen LogP contribution in [-0.4, -0.2) is 16.7 Å². The molecule has 0 N–H and O–H groups in total. The predicted octanol–water partition coefficient (Wildman–Crippen LogP) is 2.24. The van der Waals surface area contributed by atoms with Crippen LogP contribution < -0.4 is 10.3 Å². The summed E-state index contributed by atoms with van der Waals surface area (Å²) < 4.78 is 6.35. The van der Waals surface area contributed by atoms with Crippen LogP contribution in [0.25, 0.3) is 0 Å². The summed E-state index contributed by atoms with van der Waals surface area (Å²) in [5.74, 6) is 0.0544. The number of nitrogens with zero attached hydrogens (tertiary/aromatic N) is 3. The van der Waals surface area contributed by atoms with Gasteiger partial charge < -0.3 is 4.74 Å². The van der Waals surface area contributed by atoms with E-state index in [1.54, 1.807) is 0 Å². The van der Waals surface area contributed by atoms with E-state index in [1.807, 2.05) is 13.8 Å². The molecule has 0 aliphatic heterocycles. The summed E-state index contributed by atoms with van der Waals surface area (Å²) in [4.78, 5) is 15.8. The van der Waals surface area contributed by atoms with Crippen molar-refractivity contribution in [2.75, 3.05) is 7.11 Å². The van der Waals surface area contributed by atoms with E-state index in [4.69, 9.17) is 21.6 Å². The lowest BCUT2D eigenvalue weighted by Crippen LogP contribution is -2.23. The number of ether oxygens (including phenoxy) is 1. The van der Waals surface area contributed by atoms with Crippen molar-refractivity contribution in [1.29, 1.82) is 5.26 Å². The minimum absolute atomic E-state index is 0.0544. The molecular weight excluding hydrogens is 254 g/mol. The van der Waals surface area contributed by atoms with Crippen LogP contribution in [0.5, 0.6) is 5.75 Å². The number of aromatic nitrogens is 2. The van der Waals surface area contributed by atoms with Crippen LogP contribution in [0, 0.1) is 16.7 Å². The van der Waals surface area contributed by atoms with Crippen molar-refractivity contribution in [3.63, 3.8) is 0 Å². The standard InChI is InChI=1S/C12H16ClN3O2/c1-12(2,7-14)5-4-6-16-8-15-10(13)9(18-3)11(16)17/h8H,4-6H2,1-3H3. The normalized spacial score (nSPS) is 11.1. The predicted molar refractivity (Wildman–Crippen MR) is 68.7 cm³/mol. The van der Waals surface area contributed by atoms with Crippen molar-refractivity contribution in [2.24, 2.45) is 5.41 Å². The zero-order chi connectivity index (χ0) is 13.8. The number of hydrogen-bond acceptors (Lipinski definition) is 4. The van der Waals surface area contributed by atoms with Crippen LogP contribution in [0.15, 0.2) is 11.1 Å². The SMILES string of the molecule is COc1c(Cl)ncn(CCCC(C)(C)C#N)c1=O. The molecule has 0 spiro atoms. The van der Waals surface area contributed by atoms with E-state index in [9.17, 15) is 4.79 Å². The molecule has 5 nitrogen and oxygen atoms in total.